The van der Waals surface area contributed by atoms with Crippen LogP contribution in [0.5, 0.6) is 0 Å². The molecule has 16 heavy (non-hydrogen) atoms. The number of aliphatic imine (C=N–C) groups is 1. The molecule has 0 saturated carbocycles. The number of fused-ring (bicyclic) bond motifs is 1. The summed E-state index contributed by atoms with van der Waals surface area (Å²) in [5.41, 5.74) is 0.995. The SMILES string of the molecule is CN(C)C=Nc1c(I)cc(Br)c2cnsc12. The predicted molar refractivity (Wildman–Crippen MR) is 81.9 cm³/mol. The third-order valence-corrected chi connectivity index (χ3v) is 4.23. The monoisotopic (exact) mass is 409 g/mol. The molecule has 0 aliphatic heterocycles. The molecule has 3 nitrogen and oxygen atoms in total. The van der Waals surface area contributed by atoms with Crippen molar-refractivity contribution in [3.63, 3.8) is 0 Å². The van der Waals surface area contributed by atoms with Crippen LogP contribution in [0.3, 0.4) is 0 Å². The van der Waals surface area contributed by atoms with Crippen LogP contribution in [-0.2, 0) is 0 Å². The van der Waals surface area contributed by atoms with Gasteiger partial charge in [0.2, 0.25) is 0 Å². The maximum absolute atomic E-state index is 4.49. The van der Waals surface area contributed by atoms with Crippen molar-refractivity contribution in [3.8, 4) is 0 Å². The quantitative estimate of drug-likeness (QED) is 0.427. The molecule has 0 aliphatic carbocycles. The Morgan fingerprint density at radius 2 is 2.31 bits per heavy atom. The van der Waals surface area contributed by atoms with E-state index in [-0.39, 0.29) is 0 Å². The van der Waals surface area contributed by atoms with Crippen LogP contribution >= 0.6 is 50.1 Å². The number of hydrogen-bond donors (Lipinski definition) is 0. The molecule has 0 bridgehead atoms. The minimum atomic E-state index is 0.995. The van der Waals surface area contributed by atoms with Crippen molar-refractivity contribution in [3.05, 3.63) is 20.3 Å². The summed E-state index contributed by atoms with van der Waals surface area (Å²) in [5, 5.41) is 1.12. The fourth-order valence-corrected chi connectivity index (χ4v) is 4.01. The van der Waals surface area contributed by atoms with Crippen LogP contribution in [0, 0.1) is 3.57 Å². The molecule has 0 amide bonds. The fraction of sp³-hybridized carbons (Fsp3) is 0.200. The van der Waals surface area contributed by atoms with Gasteiger partial charge in [0.05, 0.1) is 16.7 Å². The molecule has 0 aliphatic rings. The van der Waals surface area contributed by atoms with E-state index in [1.807, 2.05) is 31.5 Å². The fourth-order valence-electron chi connectivity index (χ4n) is 1.24. The maximum Gasteiger partial charge on any atom is 0.0975 e. The summed E-state index contributed by atoms with van der Waals surface area (Å²) in [5.74, 6) is 0. The van der Waals surface area contributed by atoms with Gasteiger partial charge in [0, 0.05) is 33.7 Å². The van der Waals surface area contributed by atoms with Gasteiger partial charge in [-0.05, 0) is 40.2 Å². The summed E-state index contributed by atoms with van der Waals surface area (Å²) < 4.78 is 7.53. The van der Waals surface area contributed by atoms with Crippen molar-refractivity contribution in [1.82, 2.24) is 9.27 Å². The molecule has 0 fully saturated rings. The van der Waals surface area contributed by atoms with Crippen LogP contribution in [0.25, 0.3) is 10.1 Å². The van der Waals surface area contributed by atoms with Gasteiger partial charge in [0.15, 0.2) is 0 Å². The summed E-state index contributed by atoms with van der Waals surface area (Å²) in [6.07, 6.45) is 3.68. The molecule has 1 aromatic carbocycles. The molecule has 0 radical (unpaired) electrons. The van der Waals surface area contributed by atoms with Crippen LogP contribution in [0.2, 0.25) is 0 Å². The lowest BCUT2D eigenvalue weighted by Gasteiger charge is -2.05. The van der Waals surface area contributed by atoms with Crippen LogP contribution < -0.4 is 0 Å². The highest BCUT2D eigenvalue weighted by molar-refractivity contribution is 14.1. The second-order valence-corrected chi connectivity index (χ2v) is 6.28. The summed E-state index contributed by atoms with van der Waals surface area (Å²) >= 11 is 7.31. The van der Waals surface area contributed by atoms with Crippen LogP contribution in [0.15, 0.2) is 21.7 Å². The van der Waals surface area contributed by atoms with E-state index in [0.717, 1.165) is 23.8 Å². The van der Waals surface area contributed by atoms with Crippen molar-refractivity contribution in [2.75, 3.05) is 14.1 Å². The summed E-state index contributed by atoms with van der Waals surface area (Å²) in [6, 6.07) is 2.07. The second-order valence-electron chi connectivity index (χ2n) is 3.47. The summed E-state index contributed by atoms with van der Waals surface area (Å²) in [6.45, 7) is 0. The average Bonchev–Trinajstić information content (AvgIpc) is 2.65. The third-order valence-electron chi connectivity index (χ3n) is 1.94. The minimum Gasteiger partial charge on any atom is -0.369 e. The van der Waals surface area contributed by atoms with Crippen molar-refractivity contribution in [1.29, 1.82) is 0 Å². The smallest absolute Gasteiger partial charge is 0.0975 e. The van der Waals surface area contributed by atoms with E-state index < -0.39 is 0 Å². The molecule has 2 rings (SSSR count). The first-order valence-corrected chi connectivity index (χ1v) is 7.17. The summed E-state index contributed by atoms with van der Waals surface area (Å²) in [7, 11) is 3.91. The molecule has 1 heterocycles. The highest BCUT2D eigenvalue weighted by Crippen LogP contribution is 2.38. The van der Waals surface area contributed by atoms with Crippen LogP contribution in [0.4, 0.5) is 5.69 Å². The number of nitrogens with zero attached hydrogens (tertiary/aromatic N) is 3. The molecule has 0 spiro atoms. The zero-order valence-corrected chi connectivity index (χ0v) is 13.3. The molecular formula is C10H9BrIN3S. The Morgan fingerprint density at radius 1 is 1.56 bits per heavy atom. The highest BCUT2D eigenvalue weighted by atomic mass is 127. The lowest BCUT2D eigenvalue weighted by molar-refractivity contribution is 0.643. The Hall–Kier alpha value is -0.210. The van der Waals surface area contributed by atoms with Gasteiger partial charge in [-0.1, -0.05) is 15.9 Å². The third kappa shape index (κ3) is 2.38. The van der Waals surface area contributed by atoms with E-state index in [1.165, 1.54) is 11.5 Å². The molecule has 0 unspecified atom stereocenters. The lowest BCUT2D eigenvalue weighted by atomic mass is 10.2. The Labute approximate surface area is 120 Å². The van der Waals surface area contributed by atoms with Gasteiger partial charge in [-0.3, -0.25) is 0 Å². The number of hydrogen-bond acceptors (Lipinski definition) is 3. The lowest BCUT2D eigenvalue weighted by Crippen LogP contribution is -2.07. The highest BCUT2D eigenvalue weighted by Gasteiger charge is 2.10. The van der Waals surface area contributed by atoms with Crippen LogP contribution in [0.1, 0.15) is 0 Å². The summed E-state index contributed by atoms with van der Waals surface area (Å²) in [4.78, 5) is 6.41. The molecular weight excluding hydrogens is 401 g/mol. The Bertz CT molecular complexity index is 550. The first-order valence-electron chi connectivity index (χ1n) is 4.52. The standard InChI is InChI=1S/C10H9BrIN3S/c1-15(2)5-13-9-8(12)3-7(11)6-4-14-16-10(6)9/h3-5H,1-2H3. The van der Waals surface area contributed by atoms with E-state index in [4.69, 9.17) is 0 Å². The Morgan fingerprint density at radius 3 is 3.00 bits per heavy atom. The van der Waals surface area contributed by atoms with Gasteiger partial charge in [-0.25, -0.2) is 4.99 Å². The average molecular weight is 410 g/mol. The van der Waals surface area contributed by atoms with Crippen molar-refractivity contribution in [2.24, 2.45) is 4.99 Å². The molecule has 0 N–H and O–H groups in total. The molecule has 0 saturated heterocycles. The number of benzene rings is 1. The second kappa shape index (κ2) is 4.97. The number of rotatable bonds is 2. The zero-order chi connectivity index (χ0) is 11.7. The van der Waals surface area contributed by atoms with Crippen molar-refractivity contribution < 1.29 is 0 Å². The maximum atomic E-state index is 4.49. The van der Waals surface area contributed by atoms with E-state index in [9.17, 15) is 0 Å². The van der Waals surface area contributed by atoms with Crippen molar-refractivity contribution >= 4 is 72.2 Å². The van der Waals surface area contributed by atoms with E-state index in [1.54, 1.807) is 0 Å². The van der Waals surface area contributed by atoms with E-state index in [0.29, 0.717) is 0 Å². The molecule has 0 atom stereocenters. The van der Waals surface area contributed by atoms with E-state index >= 15 is 0 Å². The zero-order valence-electron chi connectivity index (χ0n) is 8.74. The van der Waals surface area contributed by atoms with Crippen molar-refractivity contribution in [2.45, 2.75) is 0 Å². The molecule has 6 heteroatoms. The van der Waals surface area contributed by atoms with Gasteiger partial charge in [0.1, 0.15) is 0 Å². The van der Waals surface area contributed by atoms with Gasteiger partial charge < -0.3 is 4.90 Å². The topological polar surface area (TPSA) is 28.5 Å². The normalized spacial score (nSPS) is 11.5. The first-order chi connectivity index (χ1) is 7.59. The molecule has 1 aromatic heterocycles. The first kappa shape index (κ1) is 12.3. The Kier molecular flexibility index (Phi) is 3.81. The van der Waals surface area contributed by atoms with Gasteiger partial charge in [0.25, 0.3) is 0 Å². The number of halogens is 2. The number of aromatic nitrogens is 1. The minimum absolute atomic E-state index is 0.995. The van der Waals surface area contributed by atoms with Gasteiger partial charge >= 0.3 is 0 Å². The van der Waals surface area contributed by atoms with Gasteiger partial charge in [-0.15, -0.1) is 0 Å². The van der Waals surface area contributed by atoms with Crippen LogP contribution in [-0.4, -0.2) is 29.7 Å². The molecule has 2 aromatic rings. The van der Waals surface area contributed by atoms with E-state index in [2.05, 4.69) is 54.0 Å². The largest absolute Gasteiger partial charge is 0.369 e. The van der Waals surface area contributed by atoms with Gasteiger partial charge in [-0.2, -0.15) is 4.37 Å². The predicted octanol–water partition coefficient (Wildman–Crippen LogP) is 3.88. The molecule has 84 valence electrons. The Balaban J connectivity index is 2.63.